The number of piperidine rings is 1. The van der Waals surface area contributed by atoms with Crippen molar-refractivity contribution in [3.63, 3.8) is 0 Å². The third kappa shape index (κ3) is 3.83. The summed E-state index contributed by atoms with van der Waals surface area (Å²) in [6, 6.07) is 0. The summed E-state index contributed by atoms with van der Waals surface area (Å²) in [5.41, 5.74) is -0.653. The first-order chi connectivity index (χ1) is 10.4. The van der Waals surface area contributed by atoms with Crippen LogP contribution in [0.25, 0.3) is 0 Å². The molecular formula is C14H20ClN3O3S. The van der Waals surface area contributed by atoms with Crippen molar-refractivity contribution >= 4 is 35.1 Å². The Hall–Kier alpha value is -1.05. The van der Waals surface area contributed by atoms with E-state index >= 15 is 0 Å². The zero-order valence-electron chi connectivity index (χ0n) is 12.9. The molecular weight excluding hydrogens is 326 g/mol. The summed E-state index contributed by atoms with van der Waals surface area (Å²) in [6.07, 6.45) is 3.36. The van der Waals surface area contributed by atoms with Gasteiger partial charge in [0.2, 0.25) is 0 Å². The average molecular weight is 346 g/mol. The summed E-state index contributed by atoms with van der Waals surface area (Å²) in [5.74, 6) is -0.108. The van der Waals surface area contributed by atoms with E-state index in [1.165, 1.54) is 11.8 Å². The molecule has 1 aliphatic rings. The number of aliphatic hydroxyl groups is 1. The molecule has 6 nitrogen and oxygen atoms in total. The molecule has 0 saturated carbocycles. The lowest BCUT2D eigenvalue weighted by Crippen LogP contribution is -2.47. The molecule has 8 heteroatoms. The Balaban J connectivity index is 2.47. The van der Waals surface area contributed by atoms with Crippen molar-refractivity contribution in [2.75, 3.05) is 30.9 Å². The van der Waals surface area contributed by atoms with Crippen LogP contribution in [0.4, 0.5) is 5.82 Å². The molecule has 22 heavy (non-hydrogen) atoms. The molecule has 0 spiro atoms. The second kappa shape index (κ2) is 7.02. The predicted molar refractivity (Wildman–Crippen MR) is 86.9 cm³/mol. The monoisotopic (exact) mass is 345 g/mol. The van der Waals surface area contributed by atoms with Crippen LogP contribution in [0, 0.1) is 0 Å². The lowest BCUT2D eigenvalue weighted by Gasteiger charge is -2.38. The molecule has 1 aliphatic heterocycles. The zero-order chi connectivity index (χ0) is 16.3. The van der Waals surface area contributed by atoms with Crippen LogP contribution in [0.1, 0.15) is 37.0 Å². The predicted octanol–water partition coefficient (Wildman–Crippen LogP) is 2.38. The summed E-state index contributed by atoms with van der Waals surface area (Å²) in [4.78, 5) is 22.6. The third-order valence-corrected chi connectivity index (χ3v) is 4.28. The van der Waals surface area contributed by atoms with E-state index in [2.05, 4.69) is 9.97 Å². The SMILES string of the molecule is CCOC(=O)c1c(Cl)nc(SC)nc1N1CCCC(C)(O)C1. The highest BCUT2D eigenvalue weighted by Gasteiger charge is 2.33. The topological polar surface area (TPSA) is 75.5 Å². The van der Waals surface area contributed by atoms with E-state index in [1.807, 2.05) is 11.2 Å². The molecule has 0 amide bonds. The number of β-amino-alcohol motifs (C(OH)–C–C–N with tert-alkyl or cyclic N) is 1. The highest BCUT2D eigenvalue weighted by molar-refractivity contribution is 7.98. The van der Waals surface area contributed by atoms with Gasteiger partial charge in [-0.05, 0) is 32.9 Å². The van der Waals surface area contributed by atoms with E-state index in [0.717, 1.165) is 6.42 Å². The molecule has 1 saturated heterocycles. The number of hydrogen-bond donors (Lipinski definition) is 1. The maximum Gasteiger partial charge on any atom is 0.345 e. The number of aromatic nitrogens is 2. The van der Waals surface area contributed by atoms with Gasteiger partial charge in [0.1, 0.15) is 16.5 Å². The summed E-state index contributed by atoms with van der Waals surface area (Å²) in [5, 5.41) is 10.9. The van der Waals surface area contributed by atoms with E-state index in [0.29, 0.717) is 30.5 Å². The van der Waals surface area contributed by atoms with Crippen LogP contribution in [0.2, 0.25) is 5.15 Å². The van der Waals surface area contributed by atoms with Gasteiger partial charge >= 0.3 is 5.97 Å². The fourth-order valence-corrected chi connectivity index (χ4v) is 3.16. The fraction of sp³-hybridized carbons (Fsp3) is 0.643. The van der Waals surface area contributed by atoms with Gasteiger partial charge in [-0.1, -0.05) is 23.4 Å². The second-order valence-corrected chi connectivity index (χ2v) is 6.57. The van der Waals surface area contributed by atoms with Crippen molar-refractivity contribution in [1.29, 1.82) is 0 Å². The van der Waals surface area contributed by atoms with Crippen molar-refractivity contribution in [3.05, 3.63) is 10.7 Å². The number of anilines is 1. The van der Waals surface area contributed by atoms with Gasteiger partial charge in [0.15, 0.2) is 5.16 Å². The van der Waals surface area contributed by atoms with Gasteiger partial charge < -0.3 is 14.7 Å². The number of esters is 1. The maximum absolute atomic E-state index is 12.2. The first kappa shape index (κ1) is 17.3. The van der Waals surface area contributed by atoms with Crippen LogP contribution in [0.5, 0.6) is 0 Å². The zero-order valence-corrected chi connectivity index (χ0v) is 14.5. The van der Waals surface area contributed by atoms with Crippen molar-refractivity contribution in [3.8, 4) is 0 Å². The minimum absolute atomic E-state index is 0.0815. The number of carbonyl (C=O) groups is 1. The number of rotatable bonds is 4. The Labute approximate surface area is 139 Å². The summed E-state index contributed by atoms with van der Waals surface area (Å²) in [6.45, 7) is 4.84. The molecule has 1 fully saturated rings. The molecule has 2 rings (SSSR count). The molecule has 1 aromatic rings. The Kier molecular flexibility index (Phi) is 5.52. The van der Waals surface area contributed by atoms with Gasteiger partial charge in [0.25, 0.3) is 0 Å². The molecule has 122 valence electrons. The smallest absolute Gasteiger partial charge is 0.345 e. The van der Waals surface area contributed by atoms with E-state index < -0.39 is 11.6 Å². The number of hydrogen-bond acceptors (Lipinski definition) is 7. The van der Waals surface area contributed by atoms with E-state index in [-0.39, 0.29) is 17.3 Å². The van der Waals surface area contributed by atoms with E-state index in [9.17, 15) is 9.90 Å². The van der Waals surface area contributed by atoms with Crippen LogP contribution in [0.15, 0.2) is 5.16 Å². The quantitative estimate of drug-likeness (QED) is 0.388. The highest BCUT2D eigenvalue weighted by Crippen LogP contribution is 2.31. The normalized spacial score (nSPS) is 21.8. The molecule has 0 radical (unpaired) electrons. The first-order valence-electron chi connectivity index (χ1n) is 7.14. The molecule has 2 heterocycles. The summed E-state index contributed by atoms with van der Waals surface area (Å²) < 4.78 is 5.07. The Morgan fingerprint density at radius 1 is 1.55 bits per heavy atom. The minimum atomic E-state index is -0.818. The van der Waals surface area contributed by atoms with E-state index in [4.69, 9.17) is 16.3 Å². The van der Waals surface area contributed by atoms with Crippen molar-refractivity contribution < 1.29 is 14.6 Å². The lowest BCUT2D eigenvalue weighted by molar-refractivity contribution is 0.0436. The van der Waals surface area contributed by atoms with Crippen LogP contribution in [-0.4, -0.2) is 52.6 Å². The van der Waals surface area contributed by atoms with Gasteiger partial charge in [-0.3, -0.25) is 0 Å². The first-order valence-corrected chi connectivity index (χ1v) is 8.74. The van der Waals surface area contributed by atoms with E-state index in [1.54, 1.807) is 13.8 Å². The molecule has 1 unspecified atom stereocenters. The van der Waals surface area contributed by atoms with Gasteiger partial charge in [-0.25, -0.2) is 14.8 Å². The van der Waals surface area contributed by atoms with Crippen molar-refractivity contribution in [1.82, 2.24) is 9.97 Å². The lowest BCUT2D eigenvalue weighted by atomic mass is 9.95. The fourth-order valence-electron chi connectivity index (χ4n) is 2.50. The summed E-state index contributed by atoms with van der Waals surface area (Å²) >= 11 is 7.53. The van der Waals surface area contributed by atoms with Gasteiger partial charge in [-0.15, -0.1) is 0 Å². The molecule has 1 aromatic heterocycles. The number of halogens is 1. The number of nitrogens with zero attached hydrogens (tertiary/aromatic N) is 3. The third-order valence-electron chi connectivity index (χ3n) is 3.46. The molecule has 1 atom stereocenters. The van der Waals surface area contributed by atoms with Crippen molar-refractivity contribution in [2.24, 2.45) is 0 Å². The van der Waals surface area contributed by atoms with Gasteiger partial charge in [-0.2, -0.15) is 0 Å². The maximum atomic E-state index is 12.2. The Bertz CT molecular complexity index is 569. The van der Waals surface area contributed by atoms with Crippen LogP contribution < -0.4 is 4.90 Å². The van der Waals surface area contributed by atoms with Crippen LogP contribution >= 0.6 is 23.4 Å². The number of ether oxygens (including phenoxy) is 1. The largest absolute Gasteiger partial charge is 0.462 e. The Morgan fingerprint density at radius 2 is 2.27 bits per heavy atom. The van der Waals surface area contributed by atoms with Crippen molar-refractivity contribution in [2.45, 2.75) is 37.4 Å². The van der Waals surface area contributed by atoms with Crippen LogP contribution in [0.3, 0.4) is 0 Å². The van der Waals surface area contributed by atoms with Gasteiger partial charge in [0.05, 0.1) is 12.2 Å². The second-order valence-electron chi connectivity index (χ2n) is 5.44. The Morgan fingerprint density at radius 3 is 2.86 bits per heavy atom. The highest BCUT2D eigenvalue weighted by atomic mass is 35.5. The molecule has 0 aliphatic carbocycles. The standard InChI is InChI=1S/C14H20ClN3O3S/c1-4-21-12(19)9-10(15)16-13(22-3)17-11(9)18-7-5-6-14(2,20)8-18/h20H,4-8H2,1-3H3. The van der Waals surface area contributed by atoms with Gasteiger partial charge in [0, 0.05) is 13.1 Å². The number of thioether (sulfide) groups is 1. The number of carbonyl (C=O) groups excluding carboxylic acids is 1. The average Bonchev–Trinajstić information content (AvgIpc) is 2.45. The molecule has 0 bridgehead atoms. The summed E-state index contributed by atoms with van der Waals surface area (Å²) in [7, 11) is 0. The van der Waals surface area contributed by atoms with Crippen LogP contribution in [-0.2, 0) is 4.74 Å². The molecule has 1 N–H and O–H groups in total. The molecule has 0 aromatic carbocycles. The minimum Gasteiger partial charge on any atom is -0.462 e.